The zero-order valence-corrected chi connectivity index (χ0v) is 11.0. The van der Waals surface area contributed by atoms with E-state index in [-0.39, 0.29) is 4.90 Å². The summed E-state index contributed by atoms with van der Waals surface area (Å²) in [6.45, 7) is 2.33. The molecule has 1 aliphatic rings. The highest BCUT2D eigenvalue weighted by molar-refractivity contribution is 7.89. The van der Waals surface area contributed by atoms with Crippen LogP contribution in [0.2, 0.25) is 0 Å². The minimum absolute atomic E-state index is 0.160. The first-order chi connectivity index (χ1) is 9.30. The van der Waals surface area contributed by atoms with Crippen LogP contribution in [0.15, 0.2) is 52.7 Å². The van der Waals surface area contributed by atoms with Gasteiger partial charge in [0.2, 0.25) is 0 Å². The number of nitrogens with zero attached hydrogens (tertiary/aromatic N) is 1. The van der Waals surface area contributed by atoms with E-state index in [1.165, 1.54) is 18.3 Å². The van der Waals surface area contributed by atoms with Crippen molar-refractivity contribution in [1.29, 1.82) is 0 Å². The van der Waals surface area contributed by atoms with Crippen LogP contribution in [0.4, 0.5) is 0 Å². The molecule has 1 aromatic rings. The number of allylic oxidation sites excluding steroid dienone is 3. The summed E-state index contributed by atoms with van der Waals surface area (Å²) in [5.41, 5.74) is 4.58. The summed E-state index contributed by atoms with van der Waals surface area (Å²) < 4.78 is 40.7. The van der Waals surface area contributed by atoms with Crippen LogP contribution >= 0.6 is 0 Å². The quantitative estimate of drug-likeness (QED) is 0.893. The molecule has 0 fully saturated rings. The third kappa shape index (κ3) is 2.41. The first-order valence-corrected chi connectivity index (χ1v) is 6.87. The monoisotopic (exact) mass is 266 g/mol. The highest BCUT2D eigenvalue weighted by Crippen LogP contribution is 2.19. The van der Waals surface area contributed by atoms with Crippen molar-refractivity contribution in [3.8, 4) is 0 Å². The van der Waals surface area contributed by atoms with Gasteiger partial charge in [-0.15, -0.1) is 0 Å². The van der Waals surface area contributed by atoms with E-state index in [4.69, 9.17) is 2.74 Å². The molecular formula is C13H16N2O2S. The van der Waals surface area contributed by atoms with Gasteiger partial charge in [-0.2, -0.15) is 12.8 Å². The molecule has 0 spiro atoms. The Labute approximate surface area is 110 Å². The van der Waals surface area contributed by atoms with E-state index in [2.05, 4.69) is 5.43 Å². The number of aryl methyl sites for hydroxylation is 1. The average molecular weight is 266 g/mol. The Morgan fingerprint density at radius 3 is 2.50 bits per heavy atom. The molecule has 0 bridgehead atoms. The van der Waals surface area contributed by atoms with Crippen molar-refractivity contribution < 1.29 is 11.2 Å². The van der Waals surface area contributed by atoms with Crippen molar-refractivity contribution in [2.45, 2.75) is 25.6 Å². The maximum Gasteiger partial charge on any atom is 0.281 e. The molecule has 96 valence electrons. The summed E-state index contributed by atoms with van der Waals surface area (Å²) in [5, 5.41) is 0. The molecule has 0 aromatic heterocycles. The fourth-order valence-corrected chi connectivity index (χ4v) is 2.85. The number of hydrazine groups is 1. The Kier molecular flexibility index (Phi) is 2.55. The van der Waals surface area contributed by atoms with Crippen molar-refractivity contribution in [2.24, 2.45) is 0 Å². The Balaban J connectivity index is 2.40. The highest BCUT2D eigenvalue weighted by Gasteiger charge is 2.23. The van der Waals surface area contributed by atoms with Crippen LogP contribution < -0.4 is 5.43 Å². The van der Waals surface area contributed by atoms with Crippen molar-refractivity contribution in [1.82, 2.24) is 9.84 Å². The molecule has 0 amide bonds. The standard InChI is InChI=1S/C13H16N2O2S/c1-10-4-6-13(7-5-10)18(16,17)15-9-11(2)8-12(3)14-15/h4-9,14H,1-3H3/i2D2. The van der Waals surface area contributed by atoms with E-state index >= 15 is 0 Å². The zero-order chi connectivity index (χ0) is 14.9. The summed E-state index contributed by atoms with van der Waals surface area (Å²) in [4.78, 5) is 0.160. The van der Waals surface area contributed by atoms with Gasteiger partial charge >= 0.3 is 0 Å². The molecule has 0 saturated heterocycles. The van der Waals surface area contributed by atoms with Gasteiger partial charge in [0.1, 0.15) is 0 Å². The summed E-state index contributed by atoms with van der Waals surface area (Å²) in [6.07, 6.45) is 2.86. The third-order valence-corrected chi connectivity index (χ3v) is 4.10. The number of nitrogens with one attached hydrogen (secondary N) is 1. The predicted molar refractivity (Wildman–Crippen MR) is 70.9 cm³/mol. The number of sulfonamides is 1. The maximum atomic E-state index is 12.5. The van der Waals surface area contributed by atoms with E-state index < -0.39 is 16.9 Å². The van der Waals surface area contributed by atoms with E-state index in [1.54, 1.807) is 25.1 Å². The molecule has 1 heterocycles. The molecule has 18 heavy (non-hydrogen) atoms. The lowest BCUT2D eigenvalue weighted by atomic mass is 10.2. The Bertz CT molecular complexity index is 664. The number of rotatable bonds is 2. The molecule has 5 heteroatoms. The second-order valence-electron chi connectivity index (χ2n) is 4.18. The fraction of sp³-hybridized carbons (Fsp3) is 0.231. The summed E-state index contributed by atoms with van der Waals surface area (Å²) >= 11 is 0. The van der Waals surface area contributed by atoms with Crippen LogP contribution in [-0.4, -0.2) is 12.8 Å². The molecular weight excluding hydrogens is 248 g/mol. The van der Waals surface area contributed by atoms with Gasteiger partial charge in [-0.05, 0) is 44.5 Å². The molecule has 0 saturated carbocycles. The number of hydrogen-bond acceptors (Lipinski definition) is 3. The predicted octanol–water partition coefficient (Wildman–Crippen LogP) is 2.31. The van der Waals surface area contributed by atoms with E-state index in [0.29, 0.717) is 11.3 Å². The van der Waals surface area contributed by atoms with Gasteiger partial charge in [0.15, 0.2) is 0 Å². The van der Waals surface area contributed by atoms with Gasteiger partial charge in [0.25, 0.3) is 10.0 Å². The van der Waals surface area contributed by atoms with Gasteiger partial charge in [0.05, 0.1) is 4.90 Å². The third-order valence-electron chi connectivity index (χ3n) is 2.51. The normalized spacial score (nSPS) is 17.6. The number of benzene rings is 1. The molecule has 1 aliphatic heterocycles. The van der Waals surface area contributed by atoms with Crippen LogP contribution in [-0.2, 0) is 10.0 Å². The Morgan fingerprint density at radius 2 is 1.89 bits per heavy atom. The zero-order valence-electron chi connectivity index (χ0n) is 12.2. The minimum atomic E-state index is -3.74. The Hall–Kier alpha value is -1.75. The molecule has 0 atom stereocenters. The van der Waals surface area contributed by atoms with Gasteiger partial charge in [-0.1, -0.05) is 17.7 Å². The molecule has 1 N–H and O–H groups in total. The summed E-state index contributed by atoms with van der Waals surface area (Å²) in [7, 11) is -3.74. The molecule has 0 radical (unpaired) electrons. The number of hydrogen-bond donors (Lipinski definition) is 1. The molecule has 4 nitrogen and oxygen atoms in total. The van der Waals surface area contributed by atoms with Gasteiger partial charge in [0, 0.05) is 14.6 Å². The molecule has 0 aliphatic carbocycles. The van der Waals surface area contributed by atoms with Crippen molar-refractivity contribution in [3.63, 3.8) is 0 Å². The lowest BCUT2D eigenvalue weighted by Gasteiger charge is -2.26. The van der Waals surface area contributed by atoms with E-state index in [0.717, 1.165) is 9.98 Å². The highest BCUT2D eigenvalue weighted by atomic mass is 32.2. The SMILES string of the molecule is [2H]C([2H])C1=CN(S(=O)(=O)c2ccc(C)cc2)NC(C)=C1. The minimum Gasteiger partial charge on any atom is -0.289 e. The molecule has 2 rings (SSSR count). The fourth-order valence-electron chi connectivity index (χ4n) is 1.61. The van der Waals surface area contributed by atoms with Crippen LogP contribution in [0.3, 0.4) is 0 Å². The lowest BCUT2D eigenvalue weighted by molar-refractivity contribution is 0.433. The second kappa shape index (κ2) is 4.49. The summed E-state index contributed by atoms with van der Waals surface area (Å²) in [6, 6.07) is 6.52. The van der Waals surface area contributed by atoms with Gasteiger partial charge in [-0.3, -0.25) is 5.43 Å². The van der Waals surface area contributed by atoms with Crippen LogP contribution in [0.5, 0.6) is 0 Å². The van der Waals surface area contributed by atoms with Gasteiger partial charge < -0.3 is 0 Å². The lowest BCUT2D eigenvalue weighted by Crippen LogP contribution is -2.39. The summed E-state index contributed by atoms with van der Waals surface area (Å²) in [5.74, 6) is 0. The van der Waals surface area contributed by atoms with Crippen molar-refractivity contribution in [3.05, 3.63) is 53.4 Å². The van der Waals surface area contributed by atoms with Gasteiger partial charge in [-0.25, -0.2) is 0 Å². The van der Waals surface area contributed by atoms with E-state index in [1.807, 2.05) is 6.92 Å². The van der Waals surface area contributed by atoms with Crippen LogP contribution in [0.25, 0.3) is 0 Å². The molecule has 0 unspecified atom stereocenters. The largest absolute Gasteiger partial charge is 0.289 e. The first kappa shape index (κ1) is 10.2. The second-order valence-corrected chi connectivity index (χ2v) is 6.00. The van der Waals surface area contributed by atoms with E-state index in [9.17, 15) is 8.42 Å². The average Bonchev–Trinajstić information content (AvgIpc) is 2.38. The van der Waals surface area contributed by atoms with Crippen molar-refractivity contribution >= 4 is 10.0 Å². The van der Waals surface area contributed by atoms with Crippen molar-refractivity contribution in [2.75, 3.05) is 0 Å². The Morgan fingerprint density at radius 1 is 1.22 bits per heavy atom. The topological polar surface area (TPSA) is 49.4 Å². The van der Waals surface area contributed by atoms with Crippen LogP contribution in [0.1, 0.15) is 22.1 Å². The van der Waals surface area contributed by atoms with Crippen LogP contribution in [0, 0.1) is 6.92 Å². The first-order valence-electron chi connectivity index (χ1n) is 6.58. The molecule has 1 aromatic carbocycles. The smallest absolute Gasteiger partial charge is 0.281 e. The maximum absolute atomic E-state index is 12.5.